The SMILES string of the molecule is CC(C)(C)CCN=C1NC2(CCOCC2)CS1. The maximum absolute atomic E-state index is 5.43. The minimum Gasteiger partial charge on any atom is -0.381 e. The fourth-order valence-corrected chi connectivity index (χ4v) is 3.36. The summed E-state index contributed by atoms with van der Waals surface area (Å²) in [5.74, 6) is 1.16. The van der Waals surface area contributed by atoms with Crippen molar-refractivity contribution in [3.8, 4) is 0 Å². The van der Waals surface area contributed by atoms with Crippen LogP contribution in [0.2, 0.25) is 0 Å². The van der Waals surface area contributed by atoms with E-state index < -0.39 is 0 Å². The van der Waals surface area contributed by atoms with Gasteiger partial charge in [-0.15, -0.1) is 0 Å². The van der Waals surface area contributed by atoms with Crippen molar-refractivity contribution in [3.63, 3.8) is 0 Å². The highest BCUT2D eigenvalue weighted by molar-refractivity contribution is 8.14. The van der Waals surface area contributed by atoms with E-state index in [-0.39, 0.29) is 5.54 Å². The summed E-state index contributed by atoms with van der Waals surface area (Å²) < 4.78 is 5.43. The van der Waals surface area contributed by atoms with Crippen LogP contribution in [0.5, 0.6) is 0 Å². The zero-order valence-electron chi connectivity index (χ0n) is 11.2. The van der Waals surface area contributed by atoms with E-state index in [4.69, 9.17) is 4.74 Å². The summed E-state index contributed by atoms with van der Waals surface area (Å²) in [7, 11) is 0. The van der Waals surface area contributed by atoms with Gasteiger partial charge in [0.1, 0.15) is 0 Å². The maximum atomic E-state index is 5.43. The first kappa shape index (κ1) is 13.2. The predicted molar refractivity (Wildman–Crippen MR) is 74.8 cm³/mol. The molecule has 0 aromatic rings. The lowest BCUT2D eigenvalue weighted by molar-refractivity contribution is 0.0555. The largest absolute Gasteiger partial charge is 0.381 e. The highest BCUT2D eigenvalue weighted by Crippen LogP contribution is 2.31. The normalized spacial score (nSPS) is 26.4. The summed E-state index contributed by atoms with van der Waals surface area (Å²) in [6.07, 6.45) is 3.39. The molecule has 4 heteroatoms. The molecule has 2 heterocycles. The fourth-order valence-electron chi connectivity index (χ4n) is 2.12. The Kier molecular flexibility index (Phi) is 4.03. The summed E-state index contributed by atoms with van der Waals surface area (Å²) in [4.78, 5) is 4.69. The van der Waals surface area contributed by atoms with Crippen molar-refractivity contribution in [1.82, 2.24) is 5.32 Å². The van der Waals surface area contributed by atoms with Crippen molar-refractivity contribution in [2.24, 2.45) is 10.4 Å². The minimum absolute atomic E-state index is 0.281. The number of nitrogens with one attached hydrogen (secondary N) is 1. The summed E-state index contributed by atoms with van der Waals surface area (Å²) in [6, 6.07) is 0. The molecule has 2 fully saturated rings. The average molecular weight is 256 g/mol. The van der Waals surface area contributed by atoms with E-state index in [1.807, 2.05) is 11.8 Å². The maximum Gasteiger partial charge on any atom is 0.157 e. The Morgan fingerprint density at radius 2 is 2.06 bits per heavy atom. The van der Waals surface area contributed by atoms with Crippen molar-refractivity contribution in [1.29, 1.82) is 0 Å². The Hall–Kier alpha value is -0.220. The number of aliphatic imine (C=N–C) groups is 1. The van der Waals surface area contributed by atoms with Gasteiger partial charge in [0, 0.05) is 25.5 Å². The third kappa shape index (κ3) is 3.88. The van der Waals surface area contributed by atoms with Crippen LogP contribution in [0.4, 0.5) is 0 Å². The molecule has 17 heavy (non-hydrogen) atoms. The highest BCUT2D eigenvalue weighted by atomic mass is 32.2. The van der Waals surface area contributed by atoms with Crippen LogP contribution in [-0.4, -0.2) is 36.2 Å². The quantitative estimate of drug-likeness (QED) is 0.824. The molecule has 0 aliphatic carbocycles. The monoisotopic (exact) mass is 256 g/mol. The van der Waals surface area contributed by atoms with Crippen molar-refractivity contribution < 1.29 is 4.74 Å². The van der Waals surface area contributed by atoms with Gasteiger partial charge < -0.3 is 10.1 Å². The molecule has 0 amide bonds. The van der Waals surface area contributed by atoms with Gasteiger partial charge in [0.05, 0.1) is 5.54 Å². The third-order valence-corrected chi connectivity index (χ3v) is 4.63. The van der Waals surface area contributed by atoms with Crippen molar-refractivity contribution >= 4 is 16.9 Å². The molecule has 0 radical (unpaired) electrons. The second-order valence-electron chi connectivity index (χ2n) is 6.30. The third-order valence-electron chi connectivity index (χ3n) is 3.42. The van der Waals surface area contributed by atoms with Gasteiger partial charge >= 0.3 is 0 Å². The molecule has 1 spiro atoms. The predicted octanol–water partition coefficient (Wildman–Crippen LogP) is 2.66. The molecular formula is C13H24N2OS. The molecule has 3 nitrogen and oxygen atoms in total. The molecule has 0 saturated carbocycles. The lowest BCUT2D eigenvalue weighted by Gasteiger charge is -2.32. The lowest BCUT2D eigenvalue weighted by Crippen LogP contribution is -2.48. The van der Waals surface area contributed by atoms with Gasteiger partial charge in [-0.3, -0.25) is 4.99 Å². The van der Waals surface area contributed by atoms with Crippen LogP contribution in [-0.2, 0) is 4.74 Å². The van der Waals surface area contributed by atoms with Crippen LogP contribution < -0.4 is 5.32 Å². The Morgan fingerprint density at radius 1 is 1.35 bits per heavy atom. The second kappa shape index (κ2) is 5.19. The van der Waals surface area contributed by atoms with E-state index in [9.17, 15) is 0 Å². The van der Waals surface area contributed by atoms with E-state index in [0.29, 0.717) is 5.41 Å². The van der Waals surface area contributed by atoms with Crippen LogP contribution in [0.1, 0.15) is 40.0 Å². The molecule has 0 atom stereocenters. The number of thioether (sulfide) groups is 1. The number of hydrogen-bond acceptors (Lipinski definition) is 3. The molecule has 0 aromatic heterocycles. The number of amidine groups is 1. The van der Waals surface area contributed by atoms with Gasteiger partial charge in [-0.25, -0.2) is 0 Å². The average Bonchev–Trinajstić information content (AvgIpc) is 2.61. The number of ether oxygens (including phenoxy) is 1. The van der Waals surface area contributed by atoms with E-state index in [2.05, 4.69) is 31.1 Å². The number of hydrogen-bond donors (Lipinski definition) is 1. The van der Waals surface area contributed by atoms with Crippen LogP contribution in [0.3, 0.4) is 0 Å². The Morgan fingerprint density at radius 3 is 2.71 bits per heavy atom. The molecule has 2 saturated heterocycles. The molecular weight excluding hydrogens is 232 g/mol. The summed E-state index contributed by atoms with van der Waals surface area (Å²) in [6.45, 7) is 9.52. The van der Waals surface area contributed by atoms with E-state index in [1.165, 1.54) is 0 Å². The molecule has 2 aliphatic heterocycles. The first-order valence-electron chi connectivity index (χ1n) is 6.52. The molecule has 98 valence electrons. The van der Waals surface area contributed by atoms with E-state index >= 15 is 0 Å². The Labute approximate surface area is 109 Å². The van der Waals surface area contributed by atoms with Crippen LogP contribution >= 0.6 is 11.8 Å². The zero-order valence-corrected chi connectivity index (χ0v) is 12.0. The Balaban J connectivity index is 1.82. The molecule has 0 aromatic carbocycles. The van der Waals surface area contributed by atoms with Crippen LogP contribution in [0.15, 0.2) is 4.99 Å². The molecule has 2 aliphatic rings. The summed E-state index contributed by atoms with van der Waals surface area (Å²) >= 11 is 1.88. The van der Waals surface area contributed by atoms with Gasteiger partial charge in [0.25, 0.3) is 0 Å². The van der Waals surface area contributed by atoms with Crippen molar-refractivity contribution in [3.05, 3.63) is 0 Å². The minimum atomic E-state index is 0.281. The highest BCUT2D eigenvalue weighted by Gasteiger charge is 2.38. The van der Waals surface area contributed by atoms with Gasteiger partial charge in [-0.1, -0.05) is 32.5 Å². The molecule has 0 bridgehead atoms. The van der Waals surface area contributed by atoms with Gasteiger partial charge in [0.15, 0.2) is 5.17 Å². The smallest absolute Gasteiger partial charge is 0.157 e. The van der Waals surface area contributed by atoms with Crippen molar-refractivity contribution in [2.75, 3.05) is 25.5 Å². The summed E-state index contributed by atoms with van der Waals surface area (Å²) in [5, 5.41) is 4.77. The molecule has 1 N–H and O–H groups in total. The van der Waals surface area contributed by atoms with Crippen LogP contribution in [0, 0.1) is 5.41 Å². The number of rotatable bonds is 2. The molecule has 0 unspecified atom stereocenters. The lowest BCUT2D eigenvalue weighted by atomic mass is 9.92. The van der Waals surface area contributed by atoms with Gasteiger partial charge in [-0.05, 0) is 24.7 Å². The van der Waals surface area contributed by atoms with Gasteiger partial charge in [-0.2, -0.15) is 0 Å². The Bertz CT molecular complexity index is 290. The first-order chi connectivity index (χ1) is 7.99. The number of nitrogens with zero attached hydrogens (tertiary/aromatic N) is 1. The second-order valence-corrected chi connectivity index (χ2v) is 7.27. The van der Waals surface area contributed by atoms with Crippen molar-refractivity contribution in [2.45, 2.75) is 45.6 Å². The standard InChI is InChI=1S/C13H24N2OS/c1-12(2,3)4-7-14-11-15-13(10-17-11)5-8-16-9-6-13/h4-10H2,1-3H3,(H,14,15). The zero-order chi connectivity index (χ0) is 12.4. The fraction of sp³-hybridized carbons (Fsp3) is 0.923. The van der Waals surface area contributed by atoms with Crippen LogP contribution in [0.25, 0.3) is 0 Å². The topological polar surface area (TPSA) is 33.6 Å². The first-order valence-corrected chi connectivity index (χ1v) is 7.51. The summed E-state index contributed by atoms with van der Waals surface area (Å²) in [5.41, 5.74) is 0.660. The van der Waals surface area contributed by atoms with E-state index in [0.717, 1.165) is 49.9 Å². The van der Waals surface area contributed by atoms with Gasteiger partial charge in [0.2, 0.25) is 0 Å². The molecule has 2 rings (SSSR count). The van der Waals surface area contributed by atoms with E-state index in [1.54, 1.807) is 0 Å².